The molecule has 2 fully saturated rings. The summed E-state index contributed by atoms with van der Waals surface area (Å²) >= 11 is 0. The summed E-state index contributed by atoms with van der Waals surface area (Å²) in [6.07, 6.45) is 3.57. The number of fused-ring (bicyclic) bond motifs is 2. The third-order valence-corrected chi connectivity index (χ3v) is 2.07. The van der Waals surface area contributed by atoms with Gasteiger partial charge in [0.1, 0.15) is 0 Å². The van der Waals surface area contributed by atoms with Crippen LogP contribution in [0.2, 0.25) is 0 Å². The van der Waals surface area contributed by atoms with E-state index in [1.165, 1.54) is 6.42 Å². The zero-order chi connectivity index (χ0) is 5.56. The second kappa shape index (κ2) is 1.45. The van der Waals surface area contributed by atoms with Gasteiger partial charge in [0.05, 0.1) is 18.3 Å². The van der Waals surface area contributed by atoms with E-state index < -0.39 is 0 Å². The van der Waals surface area contributed by atoms with Crippen LogP contribution in [-0.4, -0.2) is 23.4 Å². The van der Waals surface area contributed by atoms with Gasteiger partial charge in [0.2, 0.25) is 0 Å². The molecule has 0 amide bonds. The topological polar surface area (TPSA) is 29.5 Å². The van der Waals surface area contributed by atoms with Crippen LogP contribution < -0.4 is 0 Å². The van der Waals surface area contributed by atoms with Crippen molar-refractivity contribution in [2.75, 3.05) is 0 Å². The summed E-state index contributed by atoms with van der Waals surface area (Å²) in [5, 5.41) is 9.09. The molecule has 0 aromatic rings. The average Bonchev–Trinajstić information content (AvgIpc) is 2.23. The van der Waals surface area contributed by atoms with Crippen LogP contribution in [0, 0.1) is 0 Å². The first-order chi connectivity index (χ1) is 3.86. The molecular formula is C6H10O2. The Balaban J connectivity index is 2.11. The molecule has 2 heterocycles. The van der Waals surface area contributed by atoms with E-state index in [1.807, 2.05) is 0 Å². The van der Waals surface area contributed by atoms with Crippen LogP contribution in [0.25, 0.3) is 0 Å². The third-order valence-electron chi connectivity index (χ3n) is 2.07. The Labute approximate surface area is 48.5 Å². The number of aliphatic hydroxyl groups excluding tert-OH is 1. The van der Waals surface area contributed by atoms with E-state index in [2.05, 4.69) is 0 Å². The third kappa shape index (κ3) is 0.501. The minimum atomic E-state index is -0.145. The van der Waals surface area contributed by atoms with Crippen LogP contribution in [-0.2, 0) is 4.74 Å². The Morgan fingerprint density at radius 3 is 2.50 bits per heavy atom. The van der Waals surface area contributed by atoms with Crippen molar-refractivity contribution in [3.63, 3.8) is 0 Å². The first-order valence-corrected chi connectivity index (χ1v) is 3.20. The lowest BCUT2D eigenvalue weighted by Gasteiger charge is -2.10. The van der Waals surface area contributed by atoms with Crippen LogP contribution in [0.3, 0.4) is 0 Å². The Morgan fingerprint density at radius 2 is 2.25 bits per heavy atom. The maximum atomic E-state index is 9.09. The van der Waals surface area contributed by atoms with Crippen LogP contribution in [0.5, 0.6) is 0 Å². The molecule has 0 aliphatic carbocycles. The van der Waals surface area contributed by atoms with E-state index in [0.717, 1.165) is 12.8 Å². The highest BCUT2D eigenvalue weighted by Crippen LogP contribution is 2.33. The molecule has 0 aromatic carbocycles. The van der Waals surface area contributed by atoms with Crippen molar-refractivity contribution in [1.82, 2.24) is 0 Å². The van der Waals surface area contributed by atoms with E-state index in [4.69, 9.17) is 9.84 Å². The quantitative estimate of drug-likeness (QED) is 0.490. The molecule has 0 unspecified atom stereocenters. The number of aliphatic hydroxyl groups is 1. The van der Waals surface area contributed by atoms with Gasteiger partial charge in [-0.05, 0) is 12.8 Å². The molecule has 46 valence electrons. The van der Waals surface area contributed by atoms with Gasteiger partial charge in [-0.1, -0.05) is 0 Å². The molecule has 2 rings (SSSR count). The molecule has 2 aliphatic heterocycles. The van der Waals surface area contributed by atoms with Crippen molar-refractivity contribution in [3.8, 4) is 0 Å². The van der Waals surface area contributed by atoms with E-state index in [-0.39, 0.29) is 12.2 Å². The number of ether oxygens (including phenoxy) is 1. The number of hydrogen-bond acceptors (Lipinski definition) is 2. The molecule has 1 N–H and O–H groups in total. The van der Waals surface area contributed by atoms with Gasteiger partial charge in [-0.2, -0.15) is 0 Å². The van der Waals surface area contributed by atoms with Gasteiger partial charge < -0.3 is 9.84 Å². The summed E-state index contributed by atoms with van der Waals surface area (Å²) in [4.78, 5) is 0. The zero-order valence-electron chi connectivity index (χ0n) is 4.71. The van der Waals surface area contributed by atoms with Gasteiger partial charge in [0.25, 0.3) is 0 Å². The normalized spacial score (nSPS) is 52.9. The van der Waals surface area contributed by atoms with Crippen LogP contribution in [0.4, 0.5) is 0 Å². The largest absolute Gasteiger partial charge is 0.390 e. The first kappa shape index (κ1) is 4.77. The fourth-order valence-electron chi connectivity index (χ4n) is 1.61. The minimum Gasteiger partial charge on any atom is -0.390 e. The number of rotatable bonds is 0. The second-order valence-corrected chi connectivity index (χ2v) is 2.68. The van der Waals surface area contributed by atoms with Gasteiger partial charge in [0, 0.05) is 6.42 Å². The van der Waals surface area contributed by atoms with Crippen molar-refractivity contribution in [1.29, 1.82) is 0 Å². The SMILES string of the molecule is O[C@@H]1C[C@@H]2CC[C@H]1O2. The average molecular weight is 114 g/mol. The van der Waals surface area contributed by atoms with Gasteiger partial charge in [-0.25, -0.2) is 0 Å². The van der Waals surface area contributed by atoms with Crippen molar-refractivity contribution in [2.24, 2.45) is 0 Å². The number of hydrogen-bond donors (Lipinski definition) is 1. The molecule has 0 saturated carbocycles. The standard InChI is InChI=1S/C6H10O2/c7-5-3-4-1-2-6(5)8-4/h4-7H,1-3H2/t4-,5+,6+/m0/s1. The first-order valence-electron chi connectivity index (χ1n) is 3.20. The Morgan fingerprint density at radius 1 is 1.38 bits per heavy atom. The molecule has 0 radical (unpaired) electrons. The molecule has 2 saturated heterocycles. The van der Waals surface area contributed by atoms with Gasteiger partial charge in [0.15, 0.2) is 0 Å². The van der Waals surface area contributed by atoms with Gasteiger partial charge >= 0.3 is 0 Å². The summed E-state index contributed by atoms with van der Waals surface area (Å²) in [5.74, 6) is 0. The monoisotopic (exact) mass is 114 g/mol. The van der Waals surface area contributed by atoms with Gasteiger partial charge in [-0.15, -0.1) is 0 Å². The van der Waals surface area contributed by atoms with E-state index in [0.29, 0.717) is 6.10 Å². The molecule has 2 aliphatic rings. The molecular weight excluding hydrogens is 104 g/mol. The van der Waals surface area contributed by atoms with Crippen LogP contribution >= 0.6 is 0 Å². The molecule has 2 bridgehead atoms. The Bertz CT molecular complexity index is 101. The zero-order valence-corrected chi connectivity index (χ0v) is 4.71. The Hall–Kier alpha value is -0.0800. The lowest BCUT2D eigenvalue weighted by atomic mass is 9.98. The Kier molecular flexibility index (Phi) is 0.866. The summed E-state index contributed by atoms with van der Waals surface area (Å²) in [7, 11) is 0. The maximum absolute atomic E-state index is 9.09. The van der Waals surface area contributed by atoms with Crippen LogP contribution in [0.1, 0.15) is 19.3 Å². The van der Waals surface area contributed by atoms with Crippen molar-refractivity contribution >= 4 is 0 Å². The molecule has 3 atom stereocenters. The predicted molar refractivity (Wildman–Crippen MR) is 28.5 cm³/mol. The molecule has 8 heavy (non-hydrogen) atoms. The van der Waals surface area contributed by atoms with Gasteiger partial charge in [-0.3, -0.25) is 0 Å². The van der Waals surface area contributed by atoms with Crippen LogP contribution in [0.15, 0.2) is 0 Å². The smallest absolute Gasteiger partial charge is 0.0839 e. The van der Waals surface area contributed by atoms with E-state index >= 15 is 0 Å². The summed E-state index contributed by atoms with van der Waals surface area (Å²) < 4.78 is 5.33. The molecule has 0 spiro atoms. The summed E-state index contributed by atoms with van der Waals surface area (Å²) in [6, 6.07) is 0. The van der Waals surface area contributed by atoms with E-state index in [1.54, 1.807) is 0 Å². The summed E-state index contributed by atoms with van der Waals surface area (Å²) in [6.45, 7) is 0. The fourth-order valence-corrected chi connectivity index (χ4v) is 1.61. The highest BCUT2D eigenvalue weighted by atomic mass is 16.5. The lowest BCUT2D eigenvalue weighted by Crippen LogP contribution is -2.20. The second-order valence-electron chi connectivity index (χ2n) is 2.68. The highest BCUT2D eigenvalue weighted by molar-refractivity contribution is 4.88. The molecule has 2 heteroatoms. The fraction of sp³-hybridized carbons (Fsp3) is 1.00. The van der Waals surface area contributed by atoms with Crippen molar-refractivity contribution in [3.05, 3.63) is 0 Å². The van der Waals surface area contributed by atoms with Crippen molar-refractivity contribution in [2.45, 2.75) is 37.6 Å². The minimum absolute atomic E-state index is 0.145. The summed E-state index contributed by atoms with van der Waals surface area (Å²) in [5.41, 5.74) is 0. The molecule has 0 aromatic heterocycles. The highest BCUT2D eigenvalue weighted by Gasteiger charge is 2.39. The van der Waals surface area contributed by atoms with E-state index in [9.17, 15) is 0 Å². The lowest BCUT2D eigenvalue weighted by molar-refractivity contribution is 0.0536. The predicted octanol–water partition coefficient (Wildman–Crippen LogP) is 0.299. The molecule has 2 nitrogen and oxygen atoms in total. The van der Waals surface area contributed by atoms with Crippen molar-refractivity contribution < 1.29 is 9.84 Å². The maximum Gasteiger partial charge on any atom is 0.0839 e.